The fraction of sp³-hybridized carbons (Fsp3) is 0.500. The minimum atomic E-state index is -0.969. The summed E-state index contributed by atoms with van der Waals surface area (Å²) >= 11 is 0. The zero-order chi connectivity index (χ0) is 15.9. The van der Waals surface area contributed by atoms with Crippen LogP contribution in [0.3, 0.4) is 0 Å². The Bertz CT molecular complexity index is 508. The third kappa shape index (κ3) is 5.56. The highest BCUT2D eigenvalue weighted by atomic mass is 35.5. The van der Waals surface area contributed by atoms with E-state index in [-0.39, 0.29) is 24.7 Å². The lowest BCUT2D eigenvalue weighted by Gasteiger charge is -2.27. The zero-order valence-corrected chi connectivity index (χ0v) is 14.2. The van der Waals surface area contributed by atoms with Gasteiger partial charge in [-0.3, -0.25) is 4.79 Å². The van der Waals surface area contributed by atoms with Crippen LogP contribution in [0.4, 0.5) is 5.69 Å². The van der Waals surface area contributed by atoms with E-state index in [0.29, 0.717) is 18.5 Å². The van der Waals surface area contributed by atoms with E-state index in [1.807, 2.05) is 31.2 Å². The van der Waals surface area contributed by atoms with E-state index in [4.69, 9.17) is 10.5 Å². The van der Waals surface area contributed by atoms with Crippen LogP contribution < -0.4 is 11.1 Å². The highest BCUT2D eigenvalue weighted by Gasteiger charge is 2.34. The topological polar surface area (TPSA) is 81.4 Å². The Kier molecular flexibility index (Phi) is 8.56. The lowest BCUT2D eigenvalue weighted by atomic mass is 9.95. The molecule has 0 aliphatic heterocycles. The van der Waals surface area contributed by atoms with Gasteiger partial charge in [-0.2, -0.15) is 0 Å². The van der Waals surface area contributed by atoms with Crippen LogP contribution >= 0.6 is 12.4 Å². The molecular formula is C16H25ClN2O3. The minimum Gasteiger partial charge on any atom is -0.467 e. The molecule has 1 aromatic rings. The molecule has 0 heterocycles. The Labute approximate surface area is 138 Å². The number of halogens is 1. The Morgan fingerprint density at radius 2 is 1.95 bits per heavy atom. The van der Waals surface area contributed by atoms with Gasteiger partial charge in [0.2, 0.25) is 5.91 Å². The van der Waals surface area contributed by atoms with Gasteiger partial charge in [-0.25, -0.2) is 4.79 Å². The van der Waals surface area contributed by atoms with Crippen LogP contribution in [0.2, 0.25) is 0 Å². The van der Waals surface area contributed by atoms with Crippen LogP contribution in [0.15, 0.2) is 24.3 Å². The monoisotopic (exact) mass is 328 g/mol. The van der Waals surface area contributed by atoms with Crippen molar-refractivity contribution in [2.45, 2.75) is 45.1 Å². The number of amides is 1. The smallest absolute Gasteiger partial charge is 0.331 e. The maximum Gasteiger partial charge on any atom is 0.331 e. The first kappa shape index (κ1) is 20.2. The number of ether oxygens (including phenoxy) is 1. The number of aryl methyl sites for hydroxylation is 1. The predicted molar refractivity (Wildman–Crippen MR) is 89.9 cm³/mol. The van der Waals surface area contributed by atoms with Crippen molar-refractivity contribution in [3.8, 4) is 0 Å². The molecule has 0 aliphatic carbocycles. The van der Waals surface area contributed by atoms with Crippen LogP contribution in [0, 0.1) is 0 Å². The summed E-state index contributed by atoms with van der Waals surface area (Å²) in [5, 5.41) is 2.78. The Morgan fingerprint density at radius 3 is 2.50 bits per heavy atom. The lowest BCUT2D eigenvalue weighted by Crippen LogP contribution is -2.52. The number of nitrogen functional groups attached to an aromatic ring is 1. The number of carbonyl (C=O) groups excluding carboxylic acids is 2. The SMILES string of the molecule is CCCC(C)(NC(=O)CCc1ccccc1N)C(=O)OC.Cl. The molecule has 124 valence electrons. The third-order valence-electron chi connectivity index (χ3n) is 3.48. The highest BCUT2D eigenvalue weighted by Crippen LogP contribution is 2.16. The van der Waals surface area contributed by atoms with Crippen molar-refractivity contribution >= 4 is 30.0 Å². The predicted octanol–water partition coefficient (Wildman–Crippen LogP) is 2.47. The maximum absolute atomic E-state index is 12.1. The number of methoxy groups -OCH3 is 1. The average molecular weight is 329 g/mol. The normalized spacial score (nSPS) is 12.7. The van der Waals surface area contributed by atoms with Crippen molar-refractivity contribution in [3.05, 3.63) is 29.8 Å². The molecule has 0 saturated carbocycles. The van der Waals surface area contributed by atoms with Gasteiger partial charge in [-0.15, -0.1) is 12.4 Å². The van der Waals surface area contributed by atoms with Crippen LogP contribution in [0.25, 0.3) is 0 Å². The fourth-order valence-electron chi connectivity index (χ4n) is 2.32. The molecular weight excluding hydrogens is 304 g/mol. The second-order valence-electron chi connectivity index (χ2n) is 5.32. The van der Waals surface area contributed by atoms with E-state index in [1.54, 1.807) is 6.92 Å². The number of nitrogens with two attached hydrogens (primary N) is 1. The van der Waals surface area contributed by atoms with Crippen LogP contribution in [-0.4, -0.2) is 24.5 Å². The Hall–Kier alpha value is -1.75. The van der Waals surface area contributed by atoms with Crippen LogP contribution in [-0.2, 0) is 20.7 Å². The standard InChI is InChI=1S/C16H24N2O3.ClH/c1-4-11-16(2,15(20)21-3)18-14(19)10-9-12-7-5-6-8-13(12)17;/h5-8H,4,9-11,17H2,1-3H3,(H,18,19);1H. The number of hydrogen-bond donors (Lipinski definition) is 2. The molecule has 1 unspecified atom stereocenters. The van der Waals surface area contributed by atoms with Gasteiger partial charge >= 0.3 is 5.97 Å². The number of nitrogens with one attached hydrogen (secondary N) is 1. The van der Waals surface area contributed by atoms with Crippen molar-refractivity contribution < 1.29 is 14.3 Å². The van der Waals surface area contributed by atoms with Crippen molar-refractivity contribution in [1.82, 2.24) is 5.32 Å². The van der Waals surface area contributed by atoms with Crippen LogP contribution in [0.5, 0.6) is 0 Å². The summed E-state index contributed by atoms with van der Waals surface area (Å²) in [5.41, 5.74) is 6.49. The average Bonchev–Trinajstić information content (AvgIpc) is 2.45. The van der Waals surface area contributed by atoms with E-state index >= 15 is 0 Å². The molecule has 1 aromatic carbocycles. The molecule has 1 amide bonds. The van der Waals surface area contributed by atoms with E-state index < -0.39 is 11.5 Å². The van der Waals surface area contributed by atoms with Gasteiger partial charge in [0.05, 0.1) is 7.11 Å². The first-order valence-corrected chi connectivity index (χ1v) is 7.15. The number of esters is 1. The summed E-state index contributed by atoms with van der Waals surface area (Å²) in [5.74, 6) is -0.600. The summed E-state index contributed by atoms with van der Waals surface area (Å²) in [4.78, 5) is 23.9. The van der Waals surface area contributed by atoms with E-state index in [0.717, 1.165) is 12.0 Å². The number of anilines is 1. The lowest BCUT2D eigenvalue weighted by molar-refractivity contribution is -0.150. The Morgan fingerprint density at radius 1 is 1.32 bits per heavy atom. The number of benzene rings is 1. The summed E-state index contributed by atoms with van der Waals surface area (Å²) in [7, 11) is 1.33. The summed E-state index contributed by atoms with van der Waals surface area (Å²) < 4.78 is 4.78. The molecule has 0 radical (unpaired) electrons. The fourth-order valence-corrected chi connectivity index (χ4v) is 2.32. The number of hydrogen-bond acceptors (Lipinski definition) is 4. The number of carbonyl (C=O) groups is 2. The first-order chi connectivity index (χ1) is 9.92. The van der Waals surface area contributed by atoms with Gasteiger partial charge in [0, 0.05) is 12.1 Å². The van der Waals surface area contributed by atoms with Gasteiger partial charge < -0.3 is 15.8 Å². The molecule has 0 aliphatic rings. The molecule has 6 heteroatoms. The van der Waals surface area contributed by atoms with E-state index in [2.05, 4.69) is 5.32 Å². The molecule has 0 saturated heterocycles. The molecule has 3 N–H and O–H groups in total. The van der Waals surface area contributed by atoms with Gasteiger partial charge in [-0.1, -0.05) is 31.5 Å². The van der Waals surface area contributed by atoms with Crippen molar-refractivity contribution in [2.75, 3.05) is 12.8 Å². The maximum atomic E-state index is 12.1. The van der Waals surface area contributed by atoms with Gasteiger partial charge in [-0.05, 0) is 31.4 Å². The molecule has 1 atom stereocenters. The van der Waals surface area contributed by atoms with E-state index in [9.17, 15) is 9.59 Å². The number of rotatable bonds is 7. The van der Waals surface area contributed by atoms with Gasteiger partial charge in [0.15, 0.2) is 0 Å². The van der Waals surface area contributed by atoms with Gasteiger partial charge in [0.1, 0.15) is 5.54 Å². The Balaban J connectivity index is 0.00000441. The molecule has 22 heavy (non-hydrogen) atoms. The summed E-state index contributed by atoms with van der Waals surface area (Å²) in [6, 6.07) is 7.45. The van der Waals surface area contributed by atoms with Crippen molar-refractivity contribution in [1.29, 1.82) is 0 Å². The minimum absolute atomic E-state index is 0. The number of para-hydroxylation sites is 1. The largest absolute Gasteiger partial charge is 0.467 e. The molecule has 0 bridgehead atoms. The van der Waals surface area contributed by atoms with Crippen LogP contribution in [0.1, 0.15) is 38.7 Å². The second kappa shape index (κ2) is 9.30. The molecule has 0 spiro atoms. The second-order valence-corrected chi connectivity index (χ2v) is 5.32. The summed E-state index contributed by atoms with van der Waals surface area (Å²) in [6.45, 7) is 3.65. The molecule has 0 aromatic heterocycles. The zero-order valence-electron chi connectivity index (χ0n) is 13.3. The molecule has 0 fully saturated rings. The highest BCUT2D eigenvalue weighted by molar-refractivity contribution is 5.87. The van der Waals surface area contributed by atoms with Crippen molar-refractivity contribution in [3.63, 3.8) is 0 Å². The first-order valence-electron chi connectivity index (χ1n) is 7.15. The molecule has 1 rings (SSSR count). The van der Waals surface area contributed by atoms with E-state index in [1.165, 1.54) is 7.11 Å². The van der Waals surface area contributed by atoms with Gasteiger partial charge in [0.25, 0.3) is 0 Å². The quantitative estimate of drug-likeness (QED) is 0.595. The third-order valence-corrected chi connectivity index (χ3v) is 3.48. The van der Waals surface area contributed by atoms with Crippen molar-refractivity contribution in [2.24, 2.45) is 0 Å². The summed E-state index contributed by atoms with van der Waals surface area (Å²) in [6.07, 6.45) is 2.14. The molecule has 5 nitrogen and oxygen atoms in total.